The van der Waals surface area contributed by atoms with Crippen molar-refractivity contribution < 1.29 is 19.7 Å². The maximum Gasteiger partial charge on any atom is 0.132 e. The van der Waals surface area contributed by atoms with Crippen molar-refractivity contribution in [2.75, 3.05) is 0 Å². The van der Waals surface area contributed by atoms with Crippen LogP contribution in [-0.2, 0) is 0 Å². The summed E-state index contributed by atoms with van der Waals surface area (Å²) >= 11 is 0. The van der Waals surface area contributed by atoms with E-state index in [1.807, 2.05) is 0 Å². The minimum absolute atomic E-state index is 0.0146. The van der Waals surface area contributed by atoms with Gasteiger partial charge in [-0.15, -0.1) is 6.58 Å². The predicted molar refractivity (Wildman–Crippen MR) is 50.5 cm³/mol. The Morgan fingerprint density at radius 3 is 2.64 bits per heavy atom. The molecular formula is C10H14O4. The fourth-order valence-corrected chi connectivity index (χ4v) is 1.12. The molecule has 78 valence electrons. The number of hydrogen-bond donors (Lipinski definition) is 3. The minimum atomic E-state index is -1.03. The maximum absolute atomic E-state index is 9.53. The maximum atomic E-state index is 9.53. The molecule has 0 spiro atoms. The molecule has 0 saturated carbocycles. The summed E-state index contributed by atoms with van der Waals surface area (Å²) in [5.74, 6) is 0.375. The number of furan rings is 1. The first-order valence-electron chi connectivity index (χ1n) is 4.35. The second-order valence-corrected chi connectivity index (χ2v) is 3.06. The van der Waals surface area contributed by atoms with E-state index in [2.05, 4.69) is 6.58 Å². The first kappa shape index (κ1) is 11.0. The largest absolute Gasteiger partial charge is 0.467 e. The summed E-state index contributed by atoms with van der Waals surface area (Å²) in [6, 6.07) is 3.26. The molecule has 0 unspecified atom stereocenters. The van der Waals surface area contributed by atoms with Crippen LogP contribution in [0.5, 0.6) is 0 Å². The molecule has 1 heterocycles. The Balaban J connectivity index is 2.48. The van der Waals surface area contributed by atoms with Gasteiger partial charge in [-0.05, 0) is 12.1 Å². The highest BCUT2D eigenvalue weighted by atomic mass is 16.4. The Bertz CT molecular complexity index is 268. The highest BCUT2D eigenvalue weighted by molar-refractivity contribution is 5.02. The van der Waals surface area contributed by atoms with Crippen molar-refractivity contribution >= 4 is 0 Å². The van der Waals surface area contributed by atoms with Crippen LogP contribution in [0, 0.1) is 0 Å². The Morgan fingerprint density at radius 2 is 2.14 bits per heavy atom. The highest BCUT2D eigenvalue weighted by Crippen LogP contribution is 2.19. The van der Waals surface area contributed by atoms with E-state index in [0.717, 1.165) is 0 Å². The van der Waals surface area contributed by atoms with Crippen molar-refractivity contribution in [3.63, 3.8) is 0 Å². The Labute approximate surface area is 82.1 Å². The lowest BCUT2D eigenvalue weighted by Gasteiger charge is -2.16. The molecule has 0 aromatic carbocycles. The van der Waals surface area contributed by atoms with Gasteiger partial charge in [-0.25, -0.2) is 0 Å². The van der Waals surface area contributed by atoms with Gasteiger partial charge in [-0.3, -0.25) is 0 Å². The number of rotatable bonds is 5. The molecule has 0 aliphatic rings. The van der Waals surface area contributed by atoms with E-state index in [4.69, 9.17) is 9.52 Å². The number of aliphatic hydroxyl groups is 3. The fourth-order valence-electron chi connectivity index (χ4n) is 1.12. The van der Waals surface area contributed by atoms with Crippen LogP contribution in [0.4, 0.5) is 0 Å². The molecule has 0 saturated heterocycles. The van der Waals surface area contributed by atoms with E-state index in [-0.39, 0.29) is 6.42 Å². The van der Waals surface area contributed by atoms with Crippen LogP contribution in [0.3, 0.4) is 0 Å². The summed E-state index contributed by atoms with van der Waals surface area (Å²) in [6.07, 6.45) is -0.295. The van der Waals surface area contributed by atoms with Crippen LogP contribution in [0.2, 0.25) is 0 Å². The first-order valence-corrected chi connectivity index (χ1v) is 4.35. The SMILES string of the molecule is C=C[C@H](O)[C@H](O)C[C@H](O)c1ccco1. The molecule has 3 N–H and O–H groups in total. The molecule has 0 fully saturated rings. The normalized spacial score (nSPS) is 17.4. The summed E-state index contributed by atoms with van der Waals surface area (Å²) in [6.45, 7) is 3.34. The van der Waals surface area contributed by atoms with Crippen LogP contribution in [0.15, 0.2) is 35.5 Å². The second-order valence-electron chi connectivity index (χ2n) is 3.06. The van der Waals surface area contributed by atoms with E-state index in [1.54, 1.807) is 12.1 Å². The molecule has 1 aromatic heterocycles. The van der Waals surface area contributed by atoms with Gasteiger partial charge in [-0.1, -0.05) is 6.08 Å². The Hall–Kier alpha value is -1.10. The first-order chi connectivity index (χ1) is 6.65. The molecule has 4 heteroatoms. The van der Waals surface area contributed by atoms with Gasteiger partial charge in [0, 0.05) is 6.42 Å². The van der Waals surface area contributed by atoms with E-state index in [9.17, 15) is 10.2 Å². The molecule has 1 aromatic rings. The van der Waals surface area contributed by atoms with Crippen LogP contribution in [-0.4, -0.2) is 27.5 Å². The molecule has 0 amide bonds. The van der Waals surface area contributed by atoms with Crippen molar-refractivity contribution in [3.8, 4) is 0 Å². The van der Waals surface area contributed by atoms with Gasteiger partial charge < -0.3 is 19.7 Å². The lowest BCUT2D eigenvalue weighted by atomic mass is 10.1. The van der Waals surface area contributed by atoms with Gasteiger partial charge in [-0.2, -0.15) is 0 Å². The van der Waals surface area contributed by atoms with Crippen LogP contribution < -0.4 is 0 Å². The lowest BCUT2D eigenvalue weighted by Crippen LogP contribution is -2.25. The standard InChI is InChI=1S/C10H14O4/c1-2-7(11)8(12)6-9(13)10-4-3-5-14-10/h2-5,7-9,11-13H,1,6H2/t7-,8+,9-/m0/s1. The fraction of sp³-hybridized carbons (Fsp3) is 0.400. The van der Waals surface area contributed by atoms with Gasteiger partial charge in [0.25, 0.3) is 0 Å². The lowest BCUT2D eigenvalue weighted by molar-refractivity contribution is 0.00434. The van der Waals surface area contributed by atoms with E-state index in [0.29, 0.717) is 5.76 Å². The Morgan fingerprint density at radius 1 is 1.43 bits per heavy atom. The molecule has 0 bridgehead atoms. The van der Waals surface area contributed by atoms with Crippen molar-refractivity contribution in [1.29, 1.82) is 0 Å². The molecule has 14 heavy (non-hydrogen) atoms. The molecule has 1 rings (SSSR count). The topological polar surface area (TPSA) is 73.8 Å². The zero-order valence-electron chi connectivity index (χ0n) is 7.71. The summed E-state index contributed by atoms with van der Waals surface area (Å²) in [5.41, 5.74) is 0. The van der Waals surface area contributed by atoms with Crippen molar-refractivity contribution in [3.05, 3.63) is 36.8 Å². The van der Waals surface area contributed by atoms with Gasteiger partial charge >= 0.3 is 0 Å². The second kappa shape index (κ2) is 4.95. The third kappa shape index (κ3) is 2.70. The molecule has 4 nitrogen and oxygen atoms in total. The van der Waals surface area contributed by atoms with Gasteiger partial charge in [0.2, 0.25) is 0 Å². The highest BCUT2D eigenvalue weighted by Gasteiger charge is 2.20. The van der Waals surface area contributed by atoms with Crippen molar-refractivity contribution in [2.45, 2.75) is 24.7 Å². The van der Waals surface area contributed by atoms with Gasteiger partial charge in [0.15, 0.2) is 0 Å². The quantitative estimate of drug-likeness (QED) is 0.606. The average molecular weight is 198 g/mol. The van der Waals surface area contributed by atoms with Crippen molar-refractivity contribution in [2.24, 2.45) is 0 Å². The molecule has 3 atom stereocenters. The molecule has 0 aliphatic carbocycles. The predicted octanol–water partition coefficient (Wildman–Crippen LogP) is 0.611. The zero-order chi connectivity index (χ0) is 10.6. The van der Waals surface area contributed by atoms with E-state index < -0.39 is 18.3 Å². The minimum Gasteiger partial charge on any atom is -0.467 e. The average Bonchev–Trinajstić information content (AvgIpc) is 2.69. The third-order valence-corrected chi connectivity index (χ3v) is 1.97. The van der Waals surface area contributed by atoms with Crippen molar-refractivity contribution in [1.82, 2.24) is 0 Å². The third-order valence-electron chi connectivity index (χ3n) is 1.97. The number of hydrogen-bond acceptors (Lipinski definition) is 4. The number of aliphatic hydroxyl groups excluding tert-OH is 3. The smallest absolute Gasteiger partial charge is 0.132 e. The van der Waals surface area contributed by atoms with E-state index >= 15 is 0 Å². The zero-order valence-corrected chi connectivity index (χ0v) is 7.71. The Kier molecular flexibility index (Phi) is 3.88. The summed E-state index contributed by atoms with van der Waals surface area (Å²) in [4.78, 5) is 0. The summed E-state index contributed by atoms with van der Waals surface area (Å²) < 4.78 is 4.94. The summed E-state index contributed by atoms with van der Waals surface area (Å²) in [7, 11) is 0. The van der Waals surface area contributed by atoms with Crippen LogP contribution in [0.1, 0.15) is 18.3 Å². The van der Waals surface area contributed by atoms with Crippen LogP contribution in [0.25, 0.3) is 0 Å². The molecule has 0 aliphatic heterocycles. The van der Waals surface area contributed by atoms with Gasteiger partial charge in [0.05, 0.1) is 18.5 Å². The molecule has 0 radical (unpaired) electrons. The van der Waals surface area contributed by atoms with Gasteiger partial charge in [0.1, 0.15) is 11.9 Å². The van der Waals surface area contributed by atoms with E-state index in [1.165, 1.54) is 12.3 Å². The van der Waals surface area contributed by atoms with Crippen LogP contribution >= 0.6 is 0 Å². The monoisotopic (exact) mass is 198 g/mol. The molecular weight excluding hydrogens is 184 g/mol. The summed E-state index contributed by atoms with van der Waals surface area (Å²) in [5, 5.41) is 28.1.